The van der Waals surface area contributed by atoms with E-state index < -0.39 is 12.6 Å². The SMILES string of the molecule is CC(=O)[C@]1(C)CC[C@]2(C)CC[C@]3(C)C4=CC=C5C(=CC(=O)C(OCC(=O)O)=C5C)[C@]4(C)CC[C@@]3(C)[C@@H]2C1. The molecular weight excluding hydrogens is 464 g/mol. The van der Waals surface area contributed by atoms with E-state index in [-0.39, 0.29) is 38.6 Å². The summed E-state index contributed by atoms with van der Waals surface area (Å²) in [7, 11) is 0. The molecule has 5 nitrogen and oxygen atoms in total. The number of Topliss-reactive ketones (excluding diaryl/α,β-unsaturated/α-hetero) is 1. The van der Waals surface area contributed by atoms with E-state index in [2.05, 4.69) is 46.8 Å². The normalized spacial score (nSPS) is 42.8. The maximum absolute atomic E-state index is 13.1. The summed E-state index contributed by atoms with van der Waals surface area (Å²) in [5.74, 6) is -0.403. The van der Waals surface area contributed by atoms with Crippen molar-refractivity contribution in [3.8, 4) is 0 Å². The molecule has 1 N–H and O–H groups in total. The number of rotatable bonds is 4. The quantitative estimate of drug-likeness (QED) is 0.456. The molecule has 5 aliphatic rings. The third kappa shape index (κ3) is 3.44. The van der Waals surface area contributed by atoms with E-state index in [0.717, 1.165) is 61.7 Å². The number of carbonyl (C=O) groups excluding carboxylic acids is 2. The molecule has 0 amide bonds. The molecule has 0 aromatic rings. The lowest BCUT2D eigenvalue weighted by Gasteiger charge is -2.70. The Balaban J connectivity index is 1.59. The summed E-state index contributed by atoms with van der Waals surface area (Å²) in [4.78, 5) is 37.0. The van der Waals surface area contributed by atoms with Crippen molar-refractivity contribution >= 4 is 17.5 Å². The molecule has 0 aliphatic heterocycles. The maximum Gasteiger partial charge on any atom is 0.341 e. The van der Waals surface area contributed by atoms with Gasteiger partial charge < -0.3 is 9.84 Å². The Morgan fingerprint density at radius 2 is 1.68 bits per heavy atom. The molecule has 5 heteroatoms. The zero-order valence-corrected chi connectivity index (χ0v) is 23.5. The van der Waals surface area contributed by atoms with Crippen LogP contribution in [0.25, 0.3) is 0 Å². The van der Waals surface area contributed by atoms with Crippen LogP contribution in [0.5, 0.6) is 0 Å². The summed E-state index contributed by atoms with van der Waals surface area (Å²) in [5.41, 5.74) is 3.94. The molecule has 5 aliphatic carbocycles. The van der Waals surface area contributed by atoms with Gasteiger partial charge in [-0.05, 0) is 98.2 Å². The average molecular weight is 507 g/mol. The van der Waals surface area contributed by atoms with Crippen molar-refractivity contribution in [3.05, 3.63) is 46.3 Å². The Bertz CT molecular complexity index is 1230. The Labute approximate surface area is 221 Å². The average Bonchev–Trinajstić information content (AvgIpc) is 2.82. The van der Waals surface area contributed by atoms with Crippen molar-refractivity contribution in [1.29, 1.82) is 0 Å². The number of allylic oxidation sites excluding steroid dienone is 7. The Morgan fingerprint density at radius 3 is 2.32 bits per heavy atom. The standard InChI is InChI=1S/C32H42O5/c1-19-21-8-9-24-30(5,22(21)16-23(34)27(19)37-18-26(35)36)13-15-32(7)25-17-29(4,20(2)33)11-10-28(25,3)12-14-31(24,32)6/h8-9,16,25H,10-15,17-18H2,1-7H3,(H,35,36)/t25-,28-,29-,30+,31-,32+/m1/s1. The summed E-state index contributed by atoms with van der Waals surface area (Å²) in [6.07, 6.45) is 13.5. The van der Waals surface area contributed by atoms with Gasteiger partial charge in [0.05, 0.1) is 0 Å². The lowest BCUT2D eigenvalue weighted by molar-refractivity contribution is -0.167. The van der Waals surface area contributed by atoms with Crippen LogP contribution in [0.4, 0.5) is 0 Å². The van der Waals surface area contributed by atoms with Gasteiger partial charge in [0.2, 0.25) is 5.78 Å². The van der Waals surface area contributed by atoms with Gasteiger partial charge in [0.25, 0.3) is 0 Å². The van der Waals surface area contributed by atoms with E-state index in [1.165, 1.54) is 5.57 Å². The van der Waals surface area contributed by atoms with Gasteiger partial charge in [0, 0.05) is 16.4 Å². The van der Waals surface area contributed by atoms with E-state index >= 15 is 0 Å². The van der Waals surface area contributed by atoms with Crippen LogP contribution in [0.3, 0.4) is 0 Å². The zero-order valence-electron chi connectivity index (χ0n) is 23.5. The minimum atomic E-state index is -1.10. The van der Waals surface area contributed by atoms with Gasteiger partial charge in [-0.1, -0.05) is 52.3 Å². The number of carboxylic acid groups (broad SMARTS) is 1. The summed E-state index contributed by atoms with van der Waals surface area (Å²) in [6.45, 7) is 15.0. The molecule has 3 saturated carbocycles. The Morgan fingerprint density at radius 1 is 1.00 bits per heavy atom. The second-order valence-electron chi connectivity index (χ2n) is 13.8. The third-order valence-electron chi connectivity index (χ3n) is 12.0. The fourth-order valence-electron chi connectivity index (χ4n) is 9.08. The first-order chi connectivity index (χ1) is 17.1. The Kier molecular flexibility index (Phi) is 5.69. The lowest BCUT2D eigenvalue weighted by Crippen LogP contribution is -2.62. The van der Waals surface area contributed by atoms with Crippen molar-refractivity contribution in [2.75, 3.05) is 6.61 Å². The molecule has 0 heterocycles. The van der Waals surface area contributed by atoms with Crippen molar-refractivity contribution < 1.29 is 24.2 Å². The topological polar surface area (TPSA) is 80.7 Å². The number of ether oxygens (including phenoxy) is 1. The van der Waals surface area contributed by atoms with Crippen LogP contribution in [-0.4, -0.2) is 29.2 Å². The molecule has 3 fully saturated rings. The van der Waals surface area contributed by atoms with Crippen LogP contribution in [-0.2, 0) is 19.1 Å². The van der Waals surface area contributed by atoms with E-state index in [1.54, 1.807) is 13.0 Å². The summed E-state index contributed by atoms with van der Waals surface area (Å²) < 4.78 is 5.41. The van der Waals surface area contributed by atoms with Crippen LogP contribution in [0.15, 0.2) is 46.3 Å². The van der Waals surface area contributed by atoms with E-state index in [1.807, 2.05) is 6.92 Å². The molecule has 0 radical (unpaired) electrons. The smallest absolute Gasteiger partial charge is 0.341 e. The fourth-order valence-corrected chi connectivity index (χ4v) is 9.08. The highest BCUT2D eigenvalue weighted by molar-refractivity contribution is 6.07. The second-order valence-corrected chi connectivity index (χ2v) is 13.8. The minimum Gasteiger partial charge on any atom is -0.479 e. The Hall–Kier alpha value is -2.43. The molecule has 0 bridgehead atoms. The van der Waals surface area contributed by atoms with Crippen LogP contribution in [0.1, 0.15) is 93.4 Å². The van der Waals surface area contributed by atoms with Crippen molar-refractivity contribution in [2.24, 2.45) is 33.0 Å². The van der Waals surface area contributed by atoms with E-state index in [4.69, 9.17) is 9.84 Å². The molecule has 0 saturated heterocycles. The summed E-state index contributed by atoms with van der Waals surface area (Å²) in [6, 6.07) is 0. The third-order valence-corrected chi connectivity index (χ3v) is 12.0. The molecule has 0 unspecified atom stereocenters. The van der Waals surface area contributed by atoms with Crippen LogP contribution < -0.4 is 0 Å². The predicted octanol–water partition coefficient (Wildman–Crippen LogP) is 6.75. The first-order valence-electron chi connectivity index (χ1n) is 13.9. The number of carbonyl (C=O) groups is 3. The summed E-state index contributed by atoms with van der Waals surface area (Å²) in [5, 5.41) is 9.05. The van der Waals surface area contributed by atoms with Gasteiger partial charge in [-0.15, -0.1) is 0 Å². The number of hydrogen-bond acceptors (Lipinski definition) is 4. The van der Waals surface area contributed by atoms with Gasteiger partial charge in [0.1, 0.15) is 5.78 Å². The minimum absolute atomic E-state index is 0.0389. The molecule has 5 rings (SSSR count). The molecule has 0 aromatic carbocycles. The van der Waals surface area contributed by atoms with Crippen LogP contribution in [0, 0.1) is 33.0 Å². The largest absolute Gasteiger partial charge is 0.479 e. The highest BCUT2D eigenvalue weighted by Crippen LogP contribution is 2.75. The zero-order chi connectivity index (χ0) is 27.2. The monoisotopic (exact) mass is 506 g/mol. The van der Waals surface area contributed by atoms with Crippen LogP contribution in [0.2, 0.25) is 0 Å². The second kappa shape index (κ2) is 8.04. The van der Waals surface area contributed by atoms with Crippen molar-refractivity contribution in [3.63, 3.8) is 0 Å². The maximum atomic E-state index is 13.1. The van der Waals surface area contributed by atoms with E-state index in [0.29, 0.717) is 11.7 Å². The number of fused-ring (bicyclic) bond motifs is 7. The van der Waals surface area contributed by atoms with Gasteiger partial charge in [0.15, 0.2) is 12.4 Å². The van der Waals surface area contributed by atoms with Crippen molar-refractivity contribution in [1.82, 2.24) is 0 Å². The molecule has 37 heavy (non-hydrogen) atoms. The van der Waals surface area contributed by atoms with Gasteiger partial charge in [-0.2, -0.15) is 0 Å². The highest BCUT2D eigenvalue weighted by atomic mass is 16.5. The number of ketones is 2. The number of aliphatic carboxylic acids is 1. The van der Waals surface area contributed by atoms with Crippen LogP contribution >= 0.6 is 0 Å². The van der Waals surface area contributed by atoms with Gasteiger partial charge >= 0.3 is 5.97 Å². The number of hydrogen-bond donors (Lipinski definition) is 1. The van der Waals surface area contributed by atoms with Gasteiger partial charge in [-0.25, -0.2) is 4.79 Å². The molecule has 0 aromatic heterocycles. The van der Waals surface area contributed by atoms with Gasteiger partial charge in [-0.3, -0.25) is 9.59 Å². The first kappa shape index (κ1) is 26.2. The molecule has 0 spiro atoms. The first-order valence-corrected chi connectivity index (χ1v) is 13.9. The van der Waals surface area contributed by atoms with Crippen molar-refractivity contribution in [2.45, 2.75) is 93.4 Å². The molecule has 200 valence electrons. The van der Waals surface area contributed by atoms with E-state index in [9.17, 15) is 14.4 Å². The highest BCUT2D eigenvalue weighted by Gasteiger charge is 2.67. The number of carboxylic acids is 1. The lowest BCUT2D eigenvalue weighted by atomic mass is 9.34. The molecular formula is C32H42O5. The fraction of sp³-hybridized carbons (Fsp3) is 0.656. The summed E-state index contributed by atoms with van der Waals surface area (Å²) >= 11 is 0. The molecule has 6 atom stereocenters. The predicted molar refractivity (Wildman–Crippen MR) is 143 cm³/mol.